The highest BCUT2D eigenvalue weighted by molar-refractivity contribution is 7.13. The highest BCUT2D eigenvalue weighted by Gasteiger charge is 2.08. The summed E-state index contributed by atoms with van der Waals surface area (Å²) in [5.41, 5.74) is 1.90. The lowest BCUT2D eigenvalue weighted by molar-refractivity contribution is 0.581. The zero-order valence-corrected chi connectivity index (χ0v) is 11.9. The minimum atomic E-state index is 0.621. The second-order valence-electron chi connectivity index (χ2n) is 4.31. The van der Waals surface area contributed by atoms with Gasteiger partial charge in [0.25, 0.3) is 0 Å². The molecule has 3 aromatic heterocycles. The molecule has 0 radical (unpaired) electrons. The Morgan fingerprint density at radius 2 is 2.35 bits per heavy atom. The van der Waals surface area contributed by atoms with Crippen LogP contribution in [0.15, 0.2) is 34.4 Å². The lowest BCUT2D eigenvalue weighted by Gasteiger charge is -1.96. The first-order valence-electron chi connectivity index (χ1n) is 6.43. The van der Waals surface area contributed by atoms with E-state index in [0.717, 1.165) is 35.2 Å². The van der Waals surface area contributed by atoms with E-state index < -0.39 is 0 Å². The van der Waals surface area contributed by atoms with Crippen molar-refractivity contribution in [1.82, 2.24) is 25.3 Å². The molecule has 0 aliphatic carbocycles. The number of nitrogens with one attached hydrogen (secondary N) is 1. The predicted octanol–water partition coefficient (Wildman–Crippen LogP) is 2.15. The summed E-state index contributed by atoms with van der Waals surface area (Å²) in [6, 6.07) is 3.77. The molecule has 0 aliphatic heterocycles. The Morgan fingerprint density at radius 1 is 1.40 bits per heavy atom. The molecular formula is C13H15N5OS. The highest BCUT2D eigenvalue weighted by Crippen LogP contribution is 2.24. The number of hydrogen-bond acceptors (Lipinski definition) is 6. The standard InChI is InChI=1S/C13H15N5OS/c1-2-14-6-10-7-18(17-16-10)8-11-9-20-13(15-11)12-4-3-5-19-12/h3-5,7,9,14H,2,6,8H2,1H3. The van der Waals surface area contributed by atoms with Gasteiger partial charge in [0.15, 0.2) is 10.8 Å². The van der Waals surface area contributed by atoms with E-state index >= 15 is 0 Å². The van der Waals surface area contributed by atoms with Crippen molar-refractivity contribution in [2.24, 2.45) is 0 Å². The lowest BCUT2D eigenvalue weighted by Crippen LogP contribution is -2.11. The Bertz CT molecular complexity index is 658. The molecular weight excluding hydrogens is 274 g/mol. The van der Waals surface area contributed by atoms with Gasteiger partial charge in [0.1, 0.15) is 0 Å². The summed E-state index contributed by atoms with van der Waals surface area (Å²) in [4.78, 5) is 4.54. The second kappa shape index (κ2) is 5.98. The van der Waals surface area contributed by atoms with E-state index in [1.54, 1.807) is 22.3 Å². The largest absolute Gasteiger partial charge is 0.462 e. The Hall–Kier alpha value is -1.99. The fourth-order valence-electron chi connectivity index (χ4n) is 1.81. The number of thiazole rings is 1. The van der Waals surface area contributed by atoms with Gasteiger partial charge in [0.2, 0.25) is 0 Å². The summed E-state index contributed by atoms with van der Waals surface area (Å²) in [6.07, 6.45) is 3.59. The van der Waals surface area contributed by atoms with Crippen LogP contribution in [0.1, 0.15) is 18.3 Å². The maximum atomic E-state index is 5.34. The average Bonchev–Trinajstić information content (AvgIpc) is 3.18. The fraction of sp³-hybridized carbons (Fsp3) is 0.308. The topological polar surface area (TPSA) is 68.8 Å². The molecule has 3 aromatic rings. The van der Waals surface area contributed by atoms with Gasteiger partial charge in [0.05, 0.1) is 30.4 Å². The maximum Gasteiger partial charge on any atom is 0.162 e. The van der Waals surface area contributed by atoms with Gasteiger partial charge in [-0.25, -0.2) is 9.67 Å². The first kappa shape index (κ1) is 13.0. The zero-order chi connectivity index (χ0) is 13.8. The van der Waals surface area contributed by atoms with Crippen LogP contribution in [-0.2, 0) is 13.1 Å². The third-order valence-corrected chi connectivity index (χ3v) is 3.66. The first-order chi connectivity index (χ1) is 9.85. The summed E-state index contributed by atoms with van der Waals surface area (Å²) in [5.74, 6) is 0.799. The van der Waals surface area contributed by atoms with Gasteiger partial charge < -0.3 is 9.73 Å². The van der Waals surface area contributed by atoms with Gasteiger partial charge in [-0.3, -0.25) is 0 Å². The third-order valence-electron chi connectivity index (χ3n) is 2.75. The predicted molar refractivity (Wildman–Crippen MR) is 76.3 cm³/mol. The Balaban J connectivity index is 1.67. The molecule has 3 rings (SSSR count). The van der Waals surface area contributed by atoms with Gasteiger partial charge in [-0.2, -0.15) is 0 Å². The maximum absolute atomic E-state index is 5.34. The Morgan fingerprint density at radius 3 is 3.15 bits per heavy atom. The number of nitrogens with zero attached hydrogens (tertiary/aromatic N) is 4. The van der Waals surface area contributed by atoms with Crippen molar-refractivity contribution in [3.63, 3.8) is 0 Å². The van der Waals surface area contributed by atoms with Gasteiger partial charge in [-0.05, 0) is 18.7 Å². The van der Waals surface area contributed by atoms with E-state index in [0.29, 0.717) is 6.54 Å². The Labute approximate surface area is 120 Å². The second-order valence-corrected chi connectivity index (χ2v) is 5.17. The molecule has 104 valence electrons. The molecule has 1 N–H and O–H groups in total. The first-order valence-corrected chi connectivity index (χ1v) is 7.31. The quantitative estimate of drug-likeness (QED) is 0.753. The molecule has 0 bridgehead atoms. The summed E-state index contributed by atoms with van der Waals surface area (Å²) in [6.45, 7) is 4.35. The van der Waals surface area contributed by atoms with Crippen molar-refractivity contribution in [2.75, 3.05) is 6.54 Å². The number of aromatic nitrogens is 4. The van der Waals surface area contributed by atoms with Crippen LogP contribution in [0.4, 0.5) is 0 Å². The number of hydrogen-bond donors (Lipinski definition) is 1. The molecule has 0 aliphatic rings. The summed E-state index contributed by atoms with van der Waals surface area (Å²) in [7, 11) is 0. The van der Waals surface area contributed by atoms with Crippen LogP contribution in [0.25, 0.3) is 10.8 Å². The molecule has 7 heteroatoms. The number of furan rings is 1. The van der Waals surface area contributed by atoms with Crippen LogP contribution in [0.5, 0.6) is 0 Å². The van der Waals surface area contributed by atoms with Gasteiger partial charge in [-0.1, -0.05) is 12.1 Å². The van der Waals surface area contributed by atoms with Crippen LogP contribution >= 0.6 is 11.3 Å². The molecule has 0 spiro atoms. The third kappa shape index (κ3) is 2.94. The molecule has 6 nitrogen and oxygen atoms in total. The SMILES string of the molecule is CCNCc1cn(Cc2csc(-c3ccco3)n2)nn1. The van der Waals surface area contributed by atoms with Crippen LogP contribution < -0.4 is 5.32 Å². The molecule has 0 saturated carbocycles. The number of rotatable bonds is 6. The summed E-state index contributed by atoms with van der Waals surface area (Å²) >= 11 is 1.57. The van der Waals surface area contributed by atoms with Crippen molar-refractivity contribution in [2.45, 2.75) is 20.0 Å². The summed E-state index contributed by atoms with van der Waals surface area (Å²) < 4.78 is 7.14. The molecule has 0 atom stereocenters. The normalized spacial score (nSPS) is 11.1. The molecule has 20 heavy (non-hydrogen) atoms. The van der Waals surface area contributed by atoms with Crippen LogP contribution in [0.2, 0.25) is 0 Å². The van der Waals surface area contributed by atoms with Gasteiger partial charge >= 0.3 is 0 Å². The minimum absolute atomic E-state index is 0.621. The molecule has 0 amide bonds. The molecule has 0 unspecified atom stereocenters. The molecule has 0 fully saturated rings. The van der Waals surface area contributed by atoms with E-state index in [1.807, 2.05) is 23.7 Å². The van der Waals surface area contributed by atoms with Crippen molar-refractivity contribution in [1.29, 1.82) is 0 Å². The van der Waals surface area contributed by atoms with Gasteiger partial charge in [0, 0.05) is 11.9 Å². The van der Waals surface area contributed by atoms with E-state index in [2.05, 4.69) is 27.5 Å². The smallest absolute Gasteiger partial charge is 0.162 e. The van der Waals surface area contributed by atoms with Crippen LogP contribution in [0, 0.1) is 0 Å². The zero-order valence-electron chi connectivity index (χ0n) is 11.1. The highest BCUT2D eigenvalue weighted by atomic mass is 32.1. The monoisotopic (exact) mass is 289 g/mol. The van der Waals surface area contributed by atoms with E-state index in [4.69, 9.17) is 4.42 Å². The lowest BCUT2D eigenvalue weighted by atomic mass is 10.4. The van der Waals surface area contributed by atoms with E-state index in [1.165, 1.54) is 0 Å². The summed E-state index contributed by atoms with van der Waals surface area (Å²) in [5, 5.41) is 14.3. The van der Waals surface area contributed by atoms with Crippen molar-refractivity contribution in [3.05, 3.63) is 41.4 Å². The molecule has 0 saturated heterocycles. The van der Waals surface area contributed by atoms with Crippen molar-refractivity contribution in [3.8, 4) is 10.8 Å². The van der Waals surface area contributed by atoms with Gasteiger partial charge in [-0.15, -0.1) is 16.4 Å². The van der Waals surface area contributed by atoms with Crippen molar-refractivity contribution < 1.29 is 4.42 Å². The fourth-order valence-corrected chi connectivity index (χ4v) is 2.59. The molecule has 3 heterocycles. The Kier molecular flexibility index (Phi) is 3.89. The molecule has 0 aromatic carbocycles. The minimum Gasteiger partial charge on any atom is -0.462 e. The average molecular weight is 289 g/mol. The van der Waals surface area contributed by atoms with Crippen LogP contribution in [-0.4, -0.2) is 26.5 Å². The van der Waals surface area contributed by atoms with E-state index in [9.17, 15) is 0 Å². The van der Waals surface area contributed by atoms with E-state index in [-0.39, 0.29) is 0 Å². The van der Waals surface area contributed by atoms with Crippen molar-refractivity contribution >= 4 is 11.3 Å². The van der Waals surface area contributed by atoms with Crippen LogP contribution in [0.3, 0.4) is 0 Å².